The Bertz CT molecular complexity index is 1110. The zero-order valence-electron chi connectivity index (χ0n) is 17.8. The van der Waals surface area contributed by atoms with Crippen molar-refractivity contribution in [2.75, 3.05) is 19.1 Å². The first kappa shape index (κ1) is 20.5. The highest BCUT2D eigenvalue weighted by Crippen LogP contribution is 2.34. The highest BCUT2D eigenvalue weighted by atomic mass is 19.1. The SMILES string of the molecule is COc1cc(-c2ccc(-c3ncc(N(C)[C@H]4C[C@@H]5CC[C@@H](N5)[C@H]4F)nn3)c(O)c2)cnn1. The predicted octanol–water partition coefficient (Wildman–Crippen LogP) is 2.38. The molecule has 0 spiro atoms. The number of halogens is 1. The highest BCUT2D eigenvalue weighted by molar-refractivity contribution is 5.72. The van der Waals surface area contributed by atoms with Crippen molar-refractivity contribution in [3.05, 3.63) is 36.7 Å². The molecule has 2 aliphatic heterocycles. The molecule has 0 amide bonds. The van der Waals surface area contributed by atoms with Crippen molar-refractivity contribution in [2.45, 2.75) is 43.6 Å². The number of aromatic nitrogens is 5. The minimum atomic E-state index is -0.960. The van der Waals surface area contributed by atoms with Crippen LogP contribution in [0.2, 0.25) is 0 Å². The van der Waals surface area contributed by atoms with Crippen LogP contribution < -0.4 is 15.0 Å². The number of rotatable bonds is 5. The van der Waals surface area contributed by atoms with Gasteiger partial charge in [-0.15, -0.1) is 15.3 Å². The van der Waals surface area contributed by atoms with Crippen molar-refractivity contribution in [3.63, 3.8) is 0 Å². The molecular formula is C22H24FN7O2. The number of ether oxygens (including phenoxy) is 1. The van der Waals surface area contributed by atoms with E-state index in [9.17, 15) is 9.50 Å². The molecule has 2 aromatic heterocycles. The van der Waals surface area contributed by atoms with Crippen LogP contribution in [0.4, 0.5) is 10.2 Å². The quantitative estimate of drug-likeness (QED) is 0.622. The molecule has 4 heterocycles. The molecule has 9 nitrogen and oxygen atoms in total. The van der Waals surface area contributed by atoms with E-state index in [1.807, 2.05) is 18.0 Å². The largest absolute Gasteiger partial charge is 0.507 e. The second-order valence-corrected chi connectivity index (χ2v) is 8.26. The van der Waals surface area contributed by atoms with Gasteiger partial charge in [0, 0.05) is 30.8 Å². The monoisotopic (exact) mass is 437 g/mol. The van der Waals surface area contributed by atoms with Crippen LogP contribution in [-0.2, 0) is 0 Å². The number of methoxy groups -OCH3 is 1. The molecule has 2 aliphatic rings. The lowest BCUT2D eigenvalue weighted by atomic mass is 9.96. The molecule has 10 heteroatoms. The average molecular weight is 437 g/mol. The van der Waals surface area contributed by atoms with Crippen LogP contribution in [-0.4, -0.2) is 68.9 Å². The Kier molecular flexibility index (Phi) is 5.30. The number of nitrogens with zero attached hydrogens (tertiary/aromatic N) is 6. The summed E-state index contributed by atoms with van der Waals surface area (Å²) in [6, 6.07) is 6.89. The molecule has 2 saturated heterocycles. The lowest BCUT2D eigenvalue weighted by Crippen LogP contribution is -2.55. The molecule has 32 heavy (non-hydrogen) atoms. The third-order valence-corrected chi connectivity index (χ3v) is 6.38. The molecule has 0 saturated carbocycles. The van der Waals surface area contributed by atoms with Crippen LogP contribution >= 0.6 is 0 Å². The first-order valence-electron chi connectivity index (χ1n) is 10.6. The number of fused-ring (bicyclic) bond motifs is 2. The number of phenolic OH excluding ortho intramolecular Hbond substituents is 1. The van der Waals surface area contributed by atoms with Gasteiger partial charge in [-0.3, -0.25) is 0 Å². The van der Waals surface area contributed by atoms with E-state index in [0.29, 0.717) is 29.1 Å². The predicted molar refractivity (Wildman–Crippen MR) is 116 cm³/mol. The highest BCUT2D eigenvalue weighted by Gasteiger charge is 2.43. The Morgan fingerprint density at radius 2 is 2.00 bits per heavy atom. The van der Waals surface area contributed by atoms with Crippen molar-refractivity contribution in [2.24, 2.45) is 0 Å². The van der Waals surface area contributed by atoms with Gasteiger partial charge in [-0.05, 0) is 37.0 Å². The lowest BCUT2D eigenvalue weighted by Gasteiger charge is -2.38. The van der Waals surface area contributed by atoms with Gasteiger partial charge >= 0.3 is 0 Å². The van der Waals surface area contributed by atoms with E-state index in [-0.39, 0.29) is 17.8 Å². The molecule has 5 rings (SSSR count). The topological polar surface area (TPSA) is 109 Å². The summed E-state index contributed by atoms with van der Waals surface area (Å²) < 4.78 is 20.0. The van der Waals surface area contributed by atoms with Crippen LogP contribution in [0.5, 0.6) is 11.6 Å². The molecule has 0 aliphatic carbocycles. The maximum atomic E-state index is 14.9. The Hall–Kier alpha value is -3.40. The minimum absolute atomic E-state index is 0.0138. The standard InChI is InChI=1S/C22H24FN7O2/c1-30(17-9-14-4-6-16(26-14)21(17)23)19-11-24-22(29-27-19)15-5-3-12(7-18(15)31)13-8-20(32-2)28-25-10-13/h3,5,7-8,10-11,14,16-17,21,26,31H,4,6,9H2,1-2H3/t14-,16+,17-,21+/m0/s1. The van der Waals surface area contributed by atoms with E-state index < -0.39 is 6.17 Å². The Balaban J connectivity index is 1.35. The zero-order valence-corrected chi connectivity index (χ0v) is 17.8. The number of benzene rings is 1. The van der Waals surface area contributed by atoms with Crippen molar-refractivity contribution in [1.82, 2.24) is 30.7 Å². The van der Waals surface area contributed by atoms with Crippen LogP contribution in [0.15, 0.2) is 36.7 Å². The van der Waals surface area contributed by atoms with E-state index in [4.69, 9.17) is 4.74 Å². The number of aromatic hydroxyl groups is 1. The molecule has 1 aromatic carbocycles. The van der Waals surface area contributed by atoms with E-state index >= 15 is 0 Å². The first-order chi connectivity index (χ1) is 15.5. The summed E-state index contributed by atoms with van der Waals surface area (Å²) in [6.07, 6.45) is 4.81. The van der Waals surface area contributed by atoms with Gasteiger partial charge in [0.05, 0.1) is 31.1 Å². The van der Waals surface area contributed by atoms with E-state index in [1.165, 1.54) is 7.11 Å². The van der Waals surface area contributed by atoms with Crippen LogP contribution in [0.25, 0.3) is 22.5 Å². The molecular weight excluding hydrogens is 413 g/mol. The van der Waals surface area contributed by atoms with Crippen LogP contribution in [0, 0.1) is 0 Å². The fraction of sp³-hybridized carbons (Fsp3) is 0.409. The molecule has 3 aromatic rings. The number of piperidine rings is 1. The Morgan fingerprint density at radius 1 is 1.12 bits per heavy atom. The average Bonchev–Trinajstić information content (AvgIpc) is 3.24. The van der Waals surface area contributed by atoms with E-state index in [0.717, 1.165) is 30.4 Å². The summed E-state index contributed by atoms with van der Waals surface area (Å²) in [4.78, 5) is 6.21. The van der Waals surface area contributed by atoms with Crippen molar-refractivity contribution < 1.29 is 14.2 Å². The second kappa shape index (κ2) is 8.27. The van der Waals surface area contributed by atoms with Gasteiger partial charge in [-0.25, -0.2) is 9.37 Å². The molecule has 2 fully saturated rings. The van der Waals surface area contributed by atoms with Gasteiger partial charge in [-0.2, -0.15) is 5.10 Å². The summed E-state index contributed by atoms with van der Waals surface area (Å²) in [5, 5.41) is 30.1. The molecule has 2 bridgehead atoms. The van der Waals surface area contributed by atoms with Gasteiger partial charge in [0.25, 0.3) is 0 Å². The summed E-state index contributed by atoms with van der Waals surface area (Å²) in [7, 11) is 3.35. The normalized spacial score (nSPS) is 24.3. The van der Waals surface area contributed by atoms with Crippen molar-refractivity contribution in [1.29, 1.82) is 0 Å². The lowest BCUT2D eigenvalue weighted by molar-refractivity contribution is 0.176. The minimum Gasteiger partial charge on any atom is -0.507 e. The maximum absolute atomic E-state index is 14.9. The van der Waals surface area contributed by atoms with Crippen LogP contribution in [0.1, 0.15) is 19.3 Å². The van der Waals surface area contributed by atoms with E-state index in [1.54, 1.807) is 30.6 Å². The molecule has 4 atom stereocenters. The Labute approximate surface area is 184 Å². The smallest absolute Gasteiger partial charge is 0.233 e. The Morgan fingerprint density at radius 3 is 2.75 bits per heavy atom. The summed E-state index contributed by atoms with van der Waals surface area (Å²) in [5.41, 5.74) is 1.96. The van der Waals surface area contributed by atoms with Gasteiger partial charge in [0.15, 0.2) is 11.6 Å². The summed E-state index contributed by atoms with van der Waals surface area (Å²) in [6.45, 7) is 0. The fourth-order valence-corrected chi connectivity index (χ4v) is 4.58. The molecule has 2 N–H and O–H groups in total. The maximum Gasteiger partial charge on any atom is 0.233 e. The van der Waals surface area contributed by atoms with Crippen molar-refractivity contribution >= 4 is 5.82 Å². The molecule has 0 radical (unpaired) electrons. The zero-order chi connectivity index (χ0) is 22.2. The third-order valence-electron chi connectivity index (χ3n) is 6.38. The van der Waals surface area contributed by atoms with Gasteiger partial charge < -0.3 is 20.1 Å². The number of alkyl halides is 1. The van der Waals surface area contributed by atoms with Gasteiger partial charge in [-0.1, -0.05) is 6.07 Å². The van der Waals surface area contributed by atoms with E-state index in [2.05, 4.69) is 30.7 Å². The van der Waals surface area contributed by atoms with Gasteiger partial charge in [0.1, 0.15) is 11.9 Å². The summed E-state index contributed by atoms with van der Waals surface area (Å²) in [5.74, 6) is 1.20. The van der Waals surface area contributed by atoms with Crippen LogP contribution in [0.3, 0.4) is 0 Å². The first-order valence-corrected chi connectivity index (χ1v) is 10.6. The molecule has 0 unspecified atom stereocenters. The van der Waals surface area contributed by atoms with Crippen molar-refractivity contribution in [3.8, 4) is 34.1 Å². The number of phenols is 1. The molecule has 166 valence electrons. The number of hydrogen-bond acceptors (Lipinski definition) is 9. The fourth-order valence-electron chi connectivity index (χ4n) is 4.58. The number of anilines is 1. The number of hydrogen-bond donors (Lipinski definition) is 2. The summed E-state index contributed by atoms with van der Waals surface area (Å²) >= 11 is 0. The second-order valence-electron chi connectivity index (χ2n) is 8.26. The number of nitrogens with one attached hydrogen (secondary N) is 1. The third kappa shape index (κ3) is 3.70. The van der Waals surface area contributed by atoms with Gasteiger partial charge in [0.2, 0.25) is 5.88 Å².